The molecule has 1 saturated carbocycles. The van der Waals surface area contributed by atoms with Crippen LogP contribution in [-0.2, 0) is 10.0 Å². The molecule has 2 fully saturated rings. The zero-order valence-electron chi connectivity index (χ0n) is 12.1. The van der Waals surface area contributed by atoms with Gasteiger partial charge in [0.1, 0.15) is 0 Å². The van der Waals surface area contributed by atoms with Crippen LogP contribution in [0.4, 0.5) is 0 Å². The lowest BCUT2D eigenvalue weighted by Crippen LogP contribution is -2.32. The van der Waals surface area contributed by atoms with Crippen LogP contribution in [-0.4, -0.2) is 31.9 Å². The standard InChI is InChI=1S/C15H21BrN2O2S/c1-10-2-5-15(14(16)6-10)21(19,20)18-8-11-3-4-13(17)7-12(11)9-18/h2,5-6,11-13H,3-4,7-9,17H2,1H3/t11-,12+,13?/m1/s1. The molecule has 4 nitrogen and oxygen atoms in total. The summed E-state index contributed by atoms with van der Waals surface area (Å²) in [6.45, 7) is 3.20. The molecule has 1 aliphatic heterocycles. The van der Waals surface area contributed by atoms with E-state index in [1.807, 2.05) is 19.1 Å². The Kier molecular flexibility index (Phi) is 4.16. The summed E-state index contributed by atoms with van der Waals surface area (Å²) in [4.78, 5) is 0.371. The van der Waals surface area contributed by atoms with Crippen LogP contribution in [0, 0.1) is 18.8 Å². The molecule has 1 aliphatic carbocycles. The summed E-state index contributed by atoms with van der Waals surface area (Å²) in [5, 5.41) is 0. The summed E-state index contributed by atoms with van der Waals surface area (Å²) in [6, 6.07) is 5.63. The number of aryl methyl sites for hydroxylation is 1. The molecule has 116 valence electrons. The minimum Gasteiger partial charge on any atom is -0.328 e. The monoisotopic (exact) mass is 372 g/mol. The van der Waals surface area contributed by atoms with Crippen molar-refractivity contribution in [1.29, 1.82) is 0 Å². The van der Waals surface area contributed by atoms with Crippen molar-refractivity contribution in [2.24, 2.45) is 17.6 Å². The van der Waals surface area contributed by atoms with Crippen molar-refractivity contribution < 1.29 is 8.42 Å². The van der Waals surface area contributed by atoms with Crippen molar-refractivity contribution in [2.75, 3.05) is 13.1 Å². The minimum absolute atomic E-state index is 0.236. The zero-order valence-corrected chi connectivity index (χ0v) is 14.5. The normalized spacial score (nSPS) is 30.3. The lowest BCUT2D eigenvalue weighted by atomic mass is 9.79. The number of halogens is 1. The Morgan fingerprint density at radius 2 is 1.95 bits per heavy atom. The SMILES string of the molecule is Cc1ccc(S(=O)(=O)N2C[C@H]3CCC(N)C[C@H]3C2)c(Br)c1. The fourth-order valence-corrected chi connectivity index (χ4v) is 6.28. The van der Waals surface area contributed by atoms with Gasteiger partial charge >= 0.3 is 0 Å². The quantitative estimate of drug-likeness (QED) is 0.867. The molecule has 6 heteroatoms. The second kappa shape index (κ2) is 5.65. The molecule has 3 atom stereocenters. The van der Waals surface area contributed by atoms with Crippen LogP contribution in [0.15, 0.2) is 27.6 Å². The molecule has 0 aromatic heterocycles. The van der Waals surface area contributed by atoms with E-state index in [2.05, 4.69) is 15.9 Å². The molecule has 1 unspecified atom stereocenters. The Labute approximate surface area is 134 Å². The summed E-state index contributed by atoms with van der Waals surface area (Å²) >= 11 is 3.39. The highest BCUT2D eigenvalue weighted by Crippen LogP contribution is 2.38. The summed E-state index contributed by atoms with van der Waals surface area (Å²) < 4.78 is 28.0. The highest BCUT2D eigenvalue weighted by molar-refractivity contribution is 9.10. The Morgan fingerprint density at radius 1 is 1.24 bits per heavy atom. The van der Waals surface area contributed by atoms with Gasteiger partial charge in [0, 0.05) is 23.6 Å². The molecule has 21 heavy (non-hydrogen) atoms. The molecule has 0 radical (unpaired) electrons. The largest absolute Gasteiger partial charge is 0.328 e. The van der Waals surface area contributed by atoms with Gasteiger partial charge in [-0.25, -0.2) is 8.42 Å². The molecular formula is C15H21BrN2O2S. The molecule has 1 aromatic carbocycles. The van der Waals surface area contributed by atoms with Crippen LogP contribution in [0.5, 0.6) is 0 Å². The Bertz CT molecular complexity index is 647. The van der Waals surface area contributed by atoms with E-state index in [1.165, 1.54) is 0 Å². The number of fused-ring (bicyclic) bond motifs is 1. The van der Waals surface area contributed by atoms with Crippen LogP contribution < -0.4 is 5.73 Å². The smallest absolute Gasteiger partial charge is 0.244 e. The van der Waals surface area contributed by atoms with Gasteiger partial charge in [-0.15, -0.1) is 0 Å². The fourth-order valence-electron chi connectivity index (χ4n) is 3.58. The summed E-state index contributed by atoms with van der Waals surface area (Å²) in [6.07, 6.45) is 3.02. The molecule has 1 saturated heterocycles. The second-order valence-corrected chi connectivity index (χ2v) is 9.11. The summed E-state index contributed by atoms with van der Waals surface area (Å²) in [5.74, 6) is 0.900. The van der Waals surface area contributed by atoms with Gasteiger partial charge in [-0.3, -0.25) is 0 Å². The molecule has 0 spiro atoms. The Hall–Kier alpha value is -0.430. The van der Waals surface area contributed by atoms with Gasteiger partial charge in [0.15, 0.2) is 0 Å². The molecule has 1 aromatic rings. The third kappa shape index (κ3) is 2.91. The number of benzene rings is 1. The molecule has 2 N–H and O–H groups in total. The minimum atomic E-state index is -3.42. The van der Waals surface area contributed by atoms with E-state index >= 15 is 0 Å². The van der Waals surface area contributed by atoms with E-state index in [-0.39, 0.29) is 6.04 Å². The van der Waals surface area contributed by atoms with Gasteiger partial charge in [-0.05, 0) is 71.6 Å². The average Bonchev–Trinajstić information content (AvgIpc) is 2.81. The average molecular weight is 373 g/mol. The van der Waals surface area contributed by atoms with Crippen LogP contribution in [0.25, 0.3) is 0 Å². The van der Waals surface area contributed by atoms with E-state index in [9.17, 15) is 8.42 Å². The maximum absolute atomic E-state index is 12.9. The van der Waals surface area contributed by atoms with Gasteiger partial charge < -0.3 is 5.73 Å². The van der Waals surface area contributed by atoms with Crippen LogP contribution in [0.1, 0.15) is 24.8 Å². The van der Waals surface area contributed by atoms with Crippen molar-refractivity contribution in [2.45, 2.75) is 37.1 Å². The molecular weight excluding hydrogens is 352 g/mol. The predicted octanol–water partition coefficient (Wildman–Crippen LogP) is 2.51. The van der Waals surface area contributed by atoms with Crippen molar-refractivity contribution in [3.8, 4) is 0 Å². The summed E-state index contributed by atoms with van der Waals surface area (Å²) in [5.41, 5.74) is 7.07. The number of nitrogens with zero attached hydrogens (tertiary/aromatic N) is 1. The molecule has 1 heterocycles. The van der Waals surface area contributed by atoms with Crippen molar-refractivity contribution in [3.63, 3.8) is 0 Å². The lowest BCUT2D eigenvalue weighted by Gasteiger charge is -2.28. The Balaban J connectivity index is 1.86. The highest BCUT2D eigenvalue weighted by atomic mass is 79.9. The Morgan fingerprint density at radius 3 is 2.67 bits per heavy atom. The third-order valence-electron chi connectivity index (χ3n) is 4.76. The number of rotatable bonds is 2. The van der Waals surface area contributed by atoms with Gasteiger partial charge in [0.2, 0.25) is 10.0 Å². The molecule has 0 amide bonds. The van der Waals surface area contributed by atoms with Gasteiger partial charge in [-0.2, -0.15) is 4.31 Å². The van der Waals surface area contributed by atoms with Crippen molar-refractivity contribution in [1.82, 2.24) is 4.31 Å². The van der Waals surface area contributed by atoms with Crippen molar-refractivity contribution >= 4 is 26.0 Å². The first-order chi connectivity index (χ1) is 9.88. The third-order valence-corrected chi connectivity index (χ3v) is 7.57. The van der Waals surface area contributed by atoms with E-state index in [1.54, 1.807) is 10.4 Å². The maximum atomic E-state index is 12.9. The number of hydrogen-bond acceptors (Lipinski definition) is 3. The molecule has 3 rings (SSSR count). The zero-order chi connectivity index (χ0) is 15.2. The maximum Gasteiger partial charge on any atom is 0.244 e. The number of hydrogen-bond donors (Lipinski definition) is 1. The van der Waals surface area contributed by atoms with Crippen molar-refractivity contribution in [3.05, 3.63) is 28.2 Å². The summed E-state index contributed by atoms with van der Waals surface area (Å²) in [7, 11) is -3.42. The first-order valence-electron chi connectivity index (χ1n) is 7.40. The van der Waals surface area contributed by atoms with Gasteiger partial charge in [0.05, 0.1) is 4.90 Å². The highest BCUT2D eigenvalue weighted by Gasteiger charge is 2.42. The predicted molar refractivity (Wildman–Crippen MR) is 86.4 cm³/mol. The van der Waals surface area contributed by atoms with Gasteiger partial charge in [-0.1, -0.05) is 6.07 Å². The van der Waals surface area contributed by atoms with Crippen LogP contribution >= 0.6 is 15.9 Å². The molecule has 2 aliphatic rings. The molecule has 0 bridgehead atoms. The number of nitrogens with two attached hydrogens (primary N) is 1. The topological polar surface area (TPSA) is 63.4 Å². The van der Waals surface area contributed by atoms with E-state index in [4.69, 9.17) is 5.73 Å². The first kappa shape index (κ1) is 15.5. The van der Waals surface area contributed by atoms with E-state index in [0.717, 1.165) is 24.8 Å². The van der Waals surface area contributed by atoms with Gasteiger partial charge in [0.25, 0.3) is 0 Å². The van der Waals surface area contributed by atoms with Crippen LogP contribution in [0.3, 0.4) is 0 Å². The first-order valence-corrected chi connectivity index (χ1v) is 9.63. The fraction of sp³-hybridized carbons (Fsp3) is 0.600. The van der Waals surface area contributed by atoms with Crippen LogP contribution in [0.2, 0.25) is 0 Å². The van der Waals surface area contributed by atoms with E-state index in [0.29, 0.717) is 34.3 Å². The van der Waals surface area contributed by atoms with E-state index < -0.39 is 10.0 Å². The second-order valence-electron chi connectivity index (χ2n) is 6.35. The lowest BCUT2D eigenvalue weighted by molar-refractivity contribution is 0.271. The number of sulfonamides is 1.